The van der Waals surface area contributed by atoms with Gasteiger partial charge in [-0.15, -0.1) is 0 Å². The minimum Gasteiger partial charge on any atom is -0.346 e. The third-order valence-corrected chi connectivity index (χ3v) is 3.11. The minimum atomic E-state index is -0.0534. The summed E-state index contributed by atoms with van der Waals surface area (Å²) in [5.74, 6) is -0.0534. The number of nitrogens with one attached hydrogen (secondary N) is 2. The first-order chi connectivity index (χ1) is 9.70. The van der Waals surface area contributed by atoms with E-state index in [4.69, 9.17) is 0 Å². The van der Waals surface area contributed by atoms with Crippen LogP contribution in [0.4, 0.5) is 0 Å². The fraction of sp³-hybridized carbons (Fsp3) is 0.333. The van der Waals surface area contributed by atoms with E-state index in [0.717, 1.165) is 29.8 Å². The molecule has 1 heterocycles. The Morgan fingerprint density at radius 3 is 2.80 bits per heavy atom. The van der Waals surface area contributed by atoms with E-state index in [1.807, 2.05) is 50.6 Å². The lowest BCUT2D eigenvalue weighted by atomic mass is 10.0. The maximum Gasteiger partial charge on any atom is 0.251 e. The van der Waals surface area contributed by atoms with Gasteiger partial charge in [0.1, 0.15) is 0 Å². The zero-order valence-electron chi connectivity index (χ0n) is 11.9. The number of benzene rings is 1. The van der Waals surface area contributed by atoms with E-state index in [1.165, 1.54) is 0 Å². The molecule has 5 nitrogen and oxygen atoms in total. The third kappa shape index (κ3) is 3.68. The van der Waals surface area contributed by atoms with Crippen LogP contribution >= 0.6 is 0 Å². The molecule has 0 radical (unpaired) electrons. The maximum absolute atomic E-state index is 12.2. The first-order valence-electron chi connectivity index (χ1n) is 6.70. The van der Waals surface area contributed by atoms with Crippen molar-refractivity contribution in [3.05, 3.63) is 53.3 Å². The maximum atomic E-state index is 12.2. The highest BCUT2D eigenvalue weighted by molar-refractivity contribution is 5.95. The van der Waals surface area contributed by atoms with Gasteiger partial charge in [-0.2, -0.15) is 5.10 Å². The SMILES string of the molecule is CNCCc1ccccc1C(=O)NCc1ccn(C)n1. The zero-order chi connectivity index (χ0) is 14.4. The van der Waals surface area contributed by atoms with Crippen molar-refractivity contribution in [3.8, 4) is 0 Å². The molecule has 106 valence electrons. The predicted octanol–water partition coefficient (Wildman–Crippen LogP) is 1.11. The van der Waals surface area contributed by atoms with Crippen LogP contribution in [-0.4, -0.2) is 29.3 Å². The molecule has 2 N–H and O–H groups in total. The summed E-state index contributed by atoms with van der Waals surface area (Å²) < 4.78 is 1.72. The van der Waals surface area contributed by atoms with Crippen LogP contribution in [0.2, 0.25) is 0 Å². The fourth-order valence-corrected chi connectivity index (χ4v) is 2.04. The van der Waals surface area contributed by atoms with Crippen molar-refractivity contribution in [3.63, 3.8) is 0 Å². The van der Waals surface area contributed by atoms with E-state index in [1.54, 1.807) is 4.68 Å². The summed E-state index contributed by atoms with van der Waals surface area (Å²) in [6.07, 6.45) is 2.70. The molecular weight excluding hydrogens is 252 g/mol. The number of amides is 1. The molecule has 0 saturated heterocycles. The van der Waals surface area contributed by atoms with E-state index in [9.17, 15) is 4.79 Å². The molecule has 0 aliphatic heterocycles. The van der Waals surface area contributed by atoms with Gasteiger partial charge in [0.15, 0.2) is 0 Å². The van der Waals surface area contributed by atoms with Gasteiger partial charge in [0.25, 0.3) is 5.91 Å². The highest BCUT2D eigenvalue weighted by Gasteiger charge is 2.10. The molecule has 20 heavy (non-hydrogen) atoms. The summed E-state index contributed by atoms with van der Waals surface area (Å²) in [4.78, 5) is 12.2. The second-order valence-electron chi connectivity index (χ2n) is 4.67. The van der Waals surface area contributed by atoms with Crippen molar-refractivity contribution < 1.29 is 4.79 Å². The summed E-state index contributed by atoms with van der Waals surface area (Å²) in [5.41, 5.74) is 2.65. The Bertz CT molecular complexity index is 577. The molecule has 5 heteroatoms. The Labute approximate surface area is 119 Å². The first kappa shape index (κ1) is 14.3. The van der Waals surface area contributed by atoms with E-state index in [-0.39, 0.29) is 5.91 Å². The molecule has 0 spiro atoms. The molecule has 0 fully saturated rings. The van der Waals surface area contributed by atoms with Gasteiger partial charge in [-0.1, -0.05) is 18.2 Å². The minimum absolute atomic E-state index is 0.0534. The normalized spacial score (nSPS) is 10.5. The van der Waals surface area contributed by atoms with Gasteiger partial charge in [0, 0.05) is 18.8 Å². The molecular formula is C15H20N4O. The zero-order valence-corrected chi connectivity index (χ0v) is 11.9. The van der Waals surface area contributed by atoms with Crippen LogP contribution < -0.4 is 10.6 Å². The van der Waals surface area contributed by atoms with Crippen LogP contribution in [0.1, 0.15) is 21.6 Å². The molecule has 0 atom stereocenters. The van der Waals surface area contributed by atoms with Crippen LogP contribution in [0.25, 0.3) is 0 Å². The third-order valence-electron chi connectivity index (χ3n) is 3.11. The van der Waals surface area contributed by atoms with Crippen molar-refractivity contribution >= 4 is 5.91 Å². The number of nitrogens with zero attached hydrogens (tertiary/aromatic N) is 2. The Morgan fingerprint density at radius 1 is 1.30 bits per heavy atom. The van der Waals surface area contributed by atoms with Crippen LogP contribution in [0, 0.1) is 0 Å². The number of likely N-dealkylation sites (N-methyl/N-ethyl adjacent to an activating group) is 1. The van der Waals surface area contributed by atoms with Gasteiger partial charge < -0.3 is 10.6 Å². The summed E-state index contributed by atoms with van der Waals surface area (Å²) >= 11 is 0. The molecule has 2 aromatic rings. The van der Waals surface area contributed by atoms with Gasteiger partial charge in [-0.3, -0.25) is 9.48 Å². The Kier molecular flexibility index (Phi) is 4.90. The van der Waals surface area contributed by atoms with Gasteiger partial charge >= 0.3 is 0 Å². The van der Waals surface area contributed by atoms with Crippen molar-refractivity contribution in [2.24, 2.45) is 7.05 Å². The Balaban J connectivity index is 2.01. The summed E-state index contributed by atoms with van der Waals surface area (Å²) in [7, 11) is 3.77. The largest absolute Gasteiger partial charge is 0.346 e. The molecule has 0 bridgehead atoms. The quantitative estimate of drug-likeness (QED) is 0.828. The lowest BCUT2D eigenvalue weighted by Gasteiger charge is -2.09. The fourth-order valence-electron chi connectivity index (χ4n) is 2.04. The van der Waals surface area contributed by atoms with E-state index in [2.05, 4.69) is 15.7 Å². The number of carbonyl (C=O) groups excluding carboxylic acids is 1. The van der Waals surface area contributed by atoms with Crippen LogP contribution in [0.3, 0.4) is 0 Å². The molecule has 1 amide bonds. The van der Waals surface area contributed by atoms with Crippen LogP contribution in [0.15, 0.2) is 36.5 Å². The summed E-state index contributed by atoms with van der Waals surface area (Å²) in [5, 5.41) is 10.2. The molecule has 0 aliphatic rings. The number of hydrogen-bond acceptors (Lipinski definition) is 3. The Morgan fingerprint density at radius 2 is 2.10 bits per heavy atom. The first-order valence-corrected chi connectivity index (χ1v) is 6.70. The van der Waals surface area contributed by atoms with Crippen LogP contribution in [-0.2, 0) is 20.0 Å². The second kappa shape index (κ2) is 6.86. The van der Waals surface area contributed by atoms with Crippen LogP contribution in [0.5, 0.6) is 0 Å². The predicted molar refractivity (Wildman–Crippen MR) is 78.5 cm³/mol. The summed E-state index contributed by atoms with van der Waals surface area (Å²) in [6.45, 7) is 1.30. The average molecular weight is 272 g/mol. The Hall–Kier alpha value is -2.14. The second-order valence-corrected chi connectivity index (χ2v) is 4.67. The van der Waals surface area contributed by atoms with Gasteiger partial charge in [0.05, 0.1) is 12.2 Å². The van der Waals surface area contributed by atoms with Crippen molar-refractivity contribution in [1.82, 2.24) is 20.4 Å². The molecule has 2 rings (SSSR count). The van der Waals surface area contributed by atoms with Crippen molar-refractivity contribution in [1.29, 1.82) is 0 Å². The lowest BCUT2D eigenvalue weighted by molar-refractivity contribution is 0.0949. The topological polar surface area (TPSA) is 59.0 Å². The number of hydrogen-bond donors (Lipinski definition) is 2. The number of aryl methyl sites for hydroxylation is 1. The highest BCUT2D eigenvalue weighted by Crippen LogP contribution is 2.09. The summed E-state index contributed by atoms with van der Waals surface area (Å²) in [6, 6.07) is 9.60. The molecule has 1 aromatic heterocycles. The molecule has 0 saturated carbocycles. The smallest absolute Gasteiger partial charge is 0.251 e. The van der Waals surface area contributed by atoms with Gasteiger partial charge in [0.2, 0.25) is 0 Å². The lowest BCUT2D eigenvalue weighted by Crippen LogP contribution is -2.25. The highest BCUT2D eigenvalue weighted by atomic mass is 16.1. The number of rotatable bonds is 6. The molecule has 1 aromatic carbocycles. The molecule has 0 unspecified atom stereocenters. The monoisotopic (exact) mass is 272 g/mol. The van der Waals surface area contributed by atoms with Crippen molar-refractivity contribution in [2.75, 3.05) is 13.6 Å². The van der Waals surface area contributed by atoms with Gasteiger partial charge in [-0.05, 0) is 37.7 Å². The molecule has 0 aliphatic carbocycles. The van der Waals surface area contributed by atoms with Gasteiger partial charge in [-0.25, -0.2) is 0 Å². The average Bonchev–Trinajstić information content (AvgIpc) is 2.88. The van der Waals surface area contributed by atoms with E-state index in [0.29, 0.717) is 6.54 Å². The standard InChI is InChI=1S/C15H20N4O/c1-16-9-7-12-5-3-4-6-14(12)15(20)17-11-13-8-10-19(2)18-13/h3-6,8,10,16H,7,9,11H2,1-2H3,(H,17,20). The number of aromatic nitrogens is 2. The number of carbonyl (C=O) groups is 1. The van der Waals surface area contributed by atoms with E-state index < -0.39 is 0 Å². The van der Waals surface area contributed by atoms with Crippen molar-refractivity contribution in [2.45, 2.75) is 13.0 Å². The van der Waals surface area contributed by atoms with E-state index >= 15 is 0 Å².